The number of carbonyl (C=O) groups is 1. The smallest absolute Gasteiger partial charge is 0.321 e. The van der Waals surface area contributed by atoms with Crippen LogP contribution in [-0.2, 0) is 26.1 Å². The zero-order chi connectivity index (χ0) is 19.3. The molecule has 0 aliphatic rings. The third-order valence-corrected chi connectivity index (χ3v) is 5.83. The van der Waals surface area contributed by atoms with Gasteiger partial charge in [-0.05, 0) is 38.1 Å². The molecule has 0 saturated heterocycles. The Bertz CT molecular complexity index is 864. The first kappa shape index (κ1) is 20.4. The Hall–Kier alpha value is -1.96. The Morgan fingerprint density at radius 3 is 2.42 bits per heavy atom. The number of esters is 1. The van der Waals surface area contributed by atoms with Crippen LogP contribution in [0.15, 0.2) is 47.4 Å². The lowest BCUT2D eigenvalue weighted by atomic mass is 10.2. The highest BCUT2D eigenvalue weighted by molar-refractivity contribution is 7.89. The first-order valence-electron chi connectivity index (χ1n) is 7.91. The van der Waals surface area contributed by atoms with Crippen LogP contribution in [0.2, 0.25) is 5.02 Å². The molecular weight excluding hydrogens is 381 g/mol. The average molecular weight is 400 g/mol. The first-order chi connectivity index (χ1) is 12.3. The van der Waals surface area contributed by atoms with Crippen molar-refractivity contribution in [3.05, 3.63) is 64.4 Å². The molecule has 2 aromatic carbocycles. The van der Waals surface area contributed by atoms with Gasteiger partial charge in [0.05, 0.1) is 11.5 Å². The molecule has 0 aliphatic heterocycles. The number of hydrogen-bond acceptors (Lipinski definition) is 4. The van der Waals surface area contributed by atoms with Crippen molar-refractivity contribution in [2.75, 3.05) is 13.2 Å². The van der Waals surface area contributed by atoms with E-state index in [9.17, 15) is 17.6 Å². The van der Waals surface area contributed by atoms with Gasteiger partial charge >= 0.3 is 5.97 Å². The van der Waals surface area contributed by atoms with Crippen molar-refractivity contribution in [3.8, 4) is 0 Å². The second-order valence-corrected chi connectivity index (χ2v) is 7.94. The Morgan fingerprint density at radius 1 is 1.19 bits per heavy atom. The topological polar surface area (TPSA) is 63.7 Å². The third-order valence-electron chi connectivity index (χ3n) is 3.67. The fourth-order valence-corrected chi connectivity index (χ4v) is 3.87. The van der Waals surface area contributed by atoms with Crippen molar-refractivity contribution in [2.24, 2.45) is 0 Å². The summed E-state index contributed by atoms with van der Waals surface area (Å²) < 4.78 is 45.8. The molecule has 0 aliphatic carbocycles. The van der Waals surface area contributed by atoms with Gasteiger partial charge in [-0.3, -0.25) is 4.79 Å². The van der Waals surface area contributed by atoms with E-state index in [0.29, 0.717) is 0 Å². The zero-order valence-electron chi connectivity index (χ0n) is 14.4. The molecule has 0 N–H and O–H groups in total. The van der Waals surface area contributed by atoms with Crippen LogP contribution < -0.4 is 0 Å². The second-order valence-electron chi connectivity index (χ2n) is 5.59. The molecule has 0 amide bonds. The molecule has 0 atom stereocenters. The van der Waals surface area contributed by atoms with E-state index >= 15 is 0 Å². The Morgan fingerprint density at radius 2 is 1.85 bits per heavy atom. The molecule has 2 aromatic rings. The summed E-state index contributed by atoms with van der Waals surface area (Å²) in [6, 6.07) is 10.2. The molecule has 0 fully saturated rings. The first-order valence-corrected chi connectivity index (χ1v) is 9.73. The van der Waals surface area contributed by atoms with Crippen LogP contribution in [0.1, 0.15) is 18.1 Å². The quantitative estimate of drug-likeness (QED) is 0.668. The molecule has 0 bridgehead atoms. The molecule has 140 valence electrons. The molecule has 0 aromatic heterocycles. The third kappa shape index (κ3) is 4.81. The minimum atomic E-state index is -4.06. The molecule has 8 heteroatoms. The van der Waals surface area contributed by atoms with Gasteiger partial charge in [0.15, 0.2) is 0 Å². The van der Waals surface area contributed by atoms with Gasteiger partial charge in [-0.15, -0.1) is 0 Å². The van der Waals surface area contributed by atoms with Crippen LogP contribution in [0.5, 0.6) is 0 Å². The maximum absolute atomic E-state index is 14.1. The van der Waals surface area contributed by atoms with Crippen molar-refractivity contribution < 1.29 is 22.3 Å². The number of carbonyl (C=O) groups excluding carboxylic acids is 1. The number of hydrogen-bond donors (Lipinski definition) is 0. The molecule has 0 saturated carbocycles. The van der Waals surface area contributed by atoms with Gasteiger partial charge in [-0.2, -0.15) is 4.31 Å². The summed E-state index contributed by atoms with van der Waals surface area (Å²) >= 11 is 6.01. The minimum Gasteiger partial charge on any atom is -0.465 e. The maximum Gasteiger partial charge on any atom is 0.321 e. The lowest BCUT2D eigenvalue weighted by Crippen LogP contribution is -2.36. The van der Waals surface area contributed by atoms with Gasteiger partial charge in [-0.1, -0.05) is 35.4 Å². The highest BCUT2D eigenvalue weighted by Gasteiger charge is 2.29. The molecule has 5 nitrogen and oxygen atoms in total. The van der Waals surface area contributed by atoms with E-state index in [1.165, 1.54) is 30.3 Å². The lowest BCUT2D eigenvalue weighted by molar-refractivity contribution is -0.143. The minimum absolute atomic E-state index is 0.000129. The summed E-state index contributed by atoms with van der Waals surface area (Å²) in [6.07, 6.45) is 0. The largest absolute Gasteiger partial charge is 0.465 e. The normalized spacial score (nSPS) is 11.6. The second kappa shape index (κ2) is 8.62. The van der Waals surface area contributed by atoms with Gasteiger partial charge < -0.3 is 4.74 Å². The summed E-state index contributed by atoms with van der Waals surface area (Å²) in [4.78, 5) is 11.9. The van der Waals surface area contributed by atoms with Gasteiger partial charge in [0.2, 0.25) is 10.0 Å². The summed E-state index contributed by atoms with van der Waals surface area (Å²) in [5.41, 5.74) is 0.882. The van der Waals surface area contributed by atoms with Gasteiger partial charge in [0.25, 0.3) is 0 Å². The standard InChI is InChI=1S/C18H19ClFNO4S/c1-3-25-18(22)12-21(11-15-16(19)5-4-6-17(15)20)26(23,24)14-9-7-13(2)8-10-14/h4-10H,3,11-12H2,1-2H3. The Balaban J connectivity index is 2.43. The Labute approximate surface area is 157 Å². The summed E-state index contributed by atoms with van der Waals surface area (Å²) in [5.74, 6) is -1.37. The van der Waals surface area contributed by atoms with Gasteiger partial charge in [0.1, 0.15) is 12.4 Å². The van der Waals surface area contributed by atoms with Gasteiger partial charge in [0, 0.05) is 17.1 Å². The number of aryl methyl sites for hydroxylation is 1. The number of ether oxygens (including phenoxy) is 1. The highest BCUT2D eigenvalue weighted by atomic mass is 35.5. The number of halogens is 2. The maximum atomic E-state index is 14.1. The zero-order valence-corrected chi connectivity index (χ0v) is 16.0. The fourth-order valence-electron chi connectivity index (χ4n) is 2.30. The van der Waals surface area contributed by atoms with Crippen molar-refractivity contribution in [1.29, 1.82) is 0 Å². The van der Waals surface area contributed by atoms with Gasteiger partial charge in [-0.25, -0.2) is 12.8 Å². The van der Waals surface area contributed by atoms with Crippen LogP contribution in [0, 0.1) is 12.7 Å². The lowest BCUT2D eigenvalue weighted by Gasteiger charge is -2.22. The number of benzene rings is 2. The summed E-state index contributed by atoms with van der Waals surface area (Å²) in [6.45, 7) is 2.61. The van der Waals surface area contributed by atoms with Crippen LogP contribution in [0.3, 0.4) is 0 Å². The van der Waals surface area contributed by atoms with Crippen LogP contribution in [-0.4, -0.2) is 31.8 Å². The van der Waals surface area contributed by atoms with Crippen molar-refractivity contribution in [1.82, 2.24) is 4.31 Å². The van der Waals surface area contributed by atoms with Crippen molar-refractivity contribution in [3.63, 3.8) is 0 Å². The van der Waals surface area contributed by atoms with E-state index in [0.717, 1.165) is 9.87 Å². The molecule has 0 spiro atoms. The number of rotatable bonds is 7. The van der Waals surface area contributed by atoms with Crippen molar-refractivity contribution >= 4 is 27.6 Å². The predicted molar refractivity (Wildman–Crippen MR) is 96.8 cm³/mol. The van der Waals surface area contributed by atoms with Crippen molar-refractivity contribution in [2.45, 2.75) is 25.3 Å². The molecule has 26 heavy (non-hydrogen) atoms. The van der Waals surface area contributed by atoms with E-state index in [2.05, 4.69) is 0 Å². The molecular formula is C18H19ClFNO4S. The fraction of sp³-hybridized carbons (Fsp3) is 0.278. The highest BCUT2D eigenvalue weighted by Crippen LogP contribution is 2.24. The Kier molecular flexibility index (Phi) is 6.75. The number of sulfonamides is 1. The monoisotopic (exact) mass is 399 g/mol. The van der Waals surface area contributed by atoms with Crippen LogP contribution >= 0.6 is 11.6 Å². The molecule has 2 rings (SSSR count). The SMILES string of the molecule is CCOC(=O)CN(Cc1c(F)cccc1Cl)S(=O)(=O)c1ccc(C)cc1. The van der Waals surface area contributed by atoms with E-state index < -0.39 is 28.4 Å². The molecule has 0 radical (unpaired) electrons. The summed E-state index contributed by atoms with van der Waals surface area (Å²) in [5, 5.41) is 0.0814. The molecule has 0 unspecified atom stereocenters. The molecule has 0 heterocycles. The summed E-state index contributed by atoms with van der Waals surface area (Å²) in [7, 11) is -4.06. The van der Waals surface area contributed by atoms with E-state index in [4.69, 9.17) is 16.3 Å². The van der Waals surface area contributed by atoms with E-state index in [1.54, 1.807) is 19.1 Å². The average Bonchev–Trinajstić information content (AvgIpc) is 2.57. The predicted octanol–water partition coefficient (Wildman–Crippen LogP) is 3.54. The van der Waals surface area contributed by atoms with Crippen LogP contribution in [0.4, 0.5) is 4.39 Å². The van der Waals surface area contributed by atoms with E-state index in [-0.39, 0.29) is 28.6 Å². The number of nitrogens with zero attached hydrogens (tertiary/aromatic N) is 1. The van der Waals surface area contributed by atoms with E-state index in [1.807, 2.05) is 6.92 Å². The van der Waals surface area contributed by atoms with Crippen LogP contribution in [0.25, 0.3) is 0 Å².